The second-order valence-electron chi connectivity index (χ2n) is 5.92. The fourth-order valence-electron chi connectivity index (χ4n) is 3.03. The van der Waals surface area contributed by atoms with Crippen LogP contribution in [-0.2, 0) is 6.54 Å². The van der Waals surface area contributed by atoms with E-state index in [9.17, 15) is 4.39 Å². The summed E-state index contributed by atoms with van der Waals surface area (Å²) in [5, 5.41) is 7.58. The zero-order valence-corrected chi connectivity index (χ0v) is 12.4. The average molecular weight is 278 g/mol. The van der Waals surface area contributed by atoms with Gasteiger partial charge in [-0.05, 0) is 37.7 Å². The highest BCUT2D eigenvalue weighted by Gasteiger charge is 2.31. The first-order valence-corrected chi connectivity index (χ1v) is 6.90. The smallest absolute Gasteiger partial charge is 0.123 e. The van der Waals surface area contributed by atoms with Gasteiger partial charge < -0.3 is 10.6 Å². The molecule has 1 heterocycles. The lowest BCUT2D eigenvalue weighted by Crippen LogP contribution is -2.34. The van der Waals surface area contributed by atoms with E-state index in [0.717, 1.165) is 18.7 Å². The maximum Gasteiger partial charge on any atom is 0.123 e. The monoisotopic (exact) mass is 278 g/mol. The van der Waals surface area contributed by atoms with Crippen molar-refractivity contribution < 1.29 is 4.39 Å². The minimum Gasteiger partial charge on any atom is -0.384 e. The molecule has 3 N–H and O–H groups in total. The van der Waals surface area contributed by atoms with Gasteiger partial charge in [0.2, 0.25) is 0 Å². The first-order chi connectivity index (χ1) is 9.38. The lowest BCUT2D eigenvalue weighted by molar-refractivity contribution is 0.250. The van der Waals surface area contributed by atoms with Gasteiger partial charge in [0.1, 0.15) is 11.7 Å². The molecule has 1 saturated heterocycles. The van der Waals surface area contributed by atoms with E-state index in [4.69, 9.17) is 11.1 Å². The Hall–Kier alpha value is -1.46. The first kappa shape index (κ1) is 14.9. The van der Waals surface area contributed by atoms with E-state index in [-0.39, 0.29) is 11.7 Å². The summed E-state index contributed by atoms with van der Waals surface area (Å²) in [4.78, 5) is 4.59. The second-order valence-corrected chi connectivity index (χ2v) is 5.92. The maximum atomic E-state index is 13.3. The van der Waals surface area contributed by atoms with Crippen molar-refractivity contribution in [3.63, 3.8) is 0 Å². The molecule has 2 atom stereocenters. The van der Waals surface area contributed by atoms with E-state index in [0.29, 0.717) is 24.1 Å². The quantitative estimate of drug-likeness (QED) is 0.648. The van der Waals surface area contributed by atoms with Crippen LogP contribution >= 0.6 is 0 Å². The normalized spacial score (nSPS) is 23.4. The molecule has 1 fully saturated rings. The summed E-state index contributed by atoms with van der Waals surface area (Å²) in [6, 6.07) is 5.06. The number of likely N-dealkylation sites (tertiary alicyclic amines) is 1. The molecule has 1 aliphatic heterocycles. The van der Waals surface area contributed by atoms with Gasteiger partial charge in [-0.25, -0.2) is 4.39 Å². The van der Waals surface area contributed by atoms with E-state index in [1.54, 1.807) is 6.07 Å². The van der Waals surface area contributed by atoms with Gasteiger partial charge in [-0.3, -0.25) is 10.3 Å². The lowest BCUT2D eigenvalue weighted by Gasteiger charge is -2.23. The van der Waals surface area contributed by atoms with E-state index in [1.807, 2.05) is 0 Å². The number of halogens is 1. The highest BCUT2D eigenvalue weighted by molar-refractivity contribution is 5.96. The number of nitrogen functional groups attached to an aromatic ring is 1. The van der Waals surface area contributed by atoms with Crippen LogP contribution in [0.5, 0.6) is 0 Å². The summed E-state index contributed by atoms with van der Waals surface area (Å²) in [5.41, 5.74) is 6.98. The van der Waals surface area contributed by atoms with Crippen molar-refractivity contribution in [1.29, 1.82) is 5.41 Å². The summed E-state index contributed by atoms with van der Waals surface area (Å²) in [7, 11) is 4.20. The number of rotatable bonds is 4. The number of amidine groups is 1. The Balaban J connectivity index is 2.14. The molecule has 1 aliphatic rings. The Morgan fingerprint density at radius 3 is 2.70 bits per heavy atom. The molecule has 1 aromatic rings. The molecule has 0 bridgehead atoms. The molecule has 20 heavy (non-hydrogen) atoms. The van der Waals surface area contributed by atoms with Crippen LogP contribution in [0, 0.1) is 17.1 Å². The van der Waals surface area contributed by atoms with E-state index < -0.39 is 0 Å². The van der Waals surface area contributed by atoms with Gasteiger partial charge in [-0.15, -0.1) is 0 Å². The van der Waals surface area contributed by atoms with Crippen molar-refractivity contribution in [2.45, 2.75) is 19.5 Å². The van der Waals surface area contributed by atoms with Crippen LogP contribution in [0.2, 0.25) is 0 Å². The number of hydrogen-bond donors (Lipinski definition) is 2. The summed E-state index contributed by atoms with van der Waals surface area (Å²) < 4.78 is 13.3. The van der Waals surface area contributed by atoms with Gasteiger partial charge in [-0.2, -0.15) is 0 Å². The van der Waals surface area contributed by atoms with Crippen molar-refractivity contribution in [3.8, 4) is 0 Å². The number of nitrogens with two attached hydrogens (primary N) is 1. The molecule has 2 unspecified atom stereocenters. The van der Waals surface area contributed by atoms with Crippen LogP contribution in [0.4, 0.5) is 4.39 Å². The minimum absolute atomic E-state index is 0.0732. The Labute approximate surface area is 119 Å². The van der Waals surface area contributed by atoms with Crippen LogP contribution in [0.1, 0.15) is 18.1 Å². The van der Waals surface area contributed by atoms with Gasteiger partial charge in [0.15, 0.2) is 0 Å². The number of nitrogens with zero attached hydrogens (tertiary/aromatic N) is 2. The van der Waals surface area contributed by atoms with Gasteiger partial charge in [0, 0.05) is 31.2 Å². The van der Waals surface area contributed by atoms with Gasteiger partial charge in [0.05, 0.1) is 0 Å². The number of hydrogen-bond acceptors (Lipinski definition) is 3. The molecule has 4 nitrogen and oxygen atoms in total. The first-order valence-electron chi connectivity index (χ1n) is 6.90. The van der Waals surface area contributed by atoms with Crippen molar-refractivity contribution >= 4 is 5.84 Å². The van der Waals surface area contributed by atoms with Crippen LogP contribution in [0.3, 0.4) is 0 Å². The summed E-state index contributed by atoms with van der Waals surface area (Å²) in [6.45, 7) is 4.96. The Bertz CT molecular complexity index is 501. The molecule has 0 aromatic heterocycles. The number of likely N-dealkylation sites (N-methyl/N-ethyl adjacent to an activating group) is 1. The fourth-order valence-corrected chi connectivity index (χ4v) is 3.03. The largest absolute Gasteiger partial charge is 0.384 e. The number of nitrogens with one attached hydrogen (secondary N) is 1. The van der Waals surface area contributed by atoms with Crippen LogP contribution < -0.4 is 5.73 Å². The van der Waals surface area contributed by atoms with Crippen molar-refractivity contribution in [2.75, 3.05) is 27.2 Å². The zero-order chi connectivity index (χ0) is 14.9. The van der Waals surface area contributed by atoms with Gasteiger partial charge in [0.25, 0.3) is 0 Å². The SMILES string of the molecule is CC1CN(Cc2ccc(F)cc2C(=N)N)CC1N(C)C. The molecule has 0 spiro atoms. The van der Waals surface area contributed by atoms with Crippen LogP contribution in [0.25, 0.3) is 0 Å². The third kappa shape index (κ3) is 3.16. The van der Waals surface area contributed by atoms with E-state index in [1.165, 1.54) is 12.1 Å². The predicted molar refractivity (Wildman–Crippen MR) is 79.3 cm³/mol. The van der Waals surface area contributed by atoms with Crippen LogP contribution in [0.15, 0.2) is 18.2 Å². The van der Waals surface area contributed by atoms with Crippen molar-refractivity contribution in [3.05, 3.63) is 35.1 Å². The molecular formula is C15H23FN4. The van der Waals surface area contributed by atoms with Gasteiger partial charge in [-0.1, -0.05) is 13.0 Å². The molecular weight excluding hydrogens is 255 g/mol. The Morgan fingerprint density at radius 1 is 1.45 bits per heavy atom. The third-order valence-corrected chi connectivity index (χ3v) is 4.07. The molecule has 0 amide bonds. The van der Waals surface area contributed by atoms with Crippen molar-refractivity contribution in [1.82, 2.24) is 9.80 Å². The molecule has 1 aromatic carbocycles. The number of benzene rings is 1. The molecule has 0 radical (unpaired) electrons. The predicted octanol–water partition coefficient (Wildman–Crippen LogP) is 1.49. The fraction of sp³-hybridized carbons (Fsp3) is 0.533. The third-order valence-electron chi connectivity index (χ3n) is 4.07. The molecule has 5 heteroatoms. The van der Waals surface area contributed by atoms with E-state index >= 15 is 0 Å². The zero-order valence-electron chi connectivity index (χ0n) is 12.4. The summed E-state index contributed by atoms with van der Waals surface area (Å²) in [5.74, 6) is 0.182. The summed E-state index contributed by atoms with van der Waals surface area (Å²) >= 11 is 0. The van der Waals surface area contributed by atoms with Crippen LogP contribution in [-0.4, -0.2) is 48.9 Å². The highest BCUT2D eigenvalue weighted by atomic mass is 19.1. The Kier molecular flexibility index (Phi) is 4.40. The summed E-state index contributed by atoms with van der Waals surface area (Å²) in [6.07, 6.45) is 0. The molecule has 0 aliphatic carbocycles. The van der Waals surface area contributed by atoms with Crippen molar-refractivity contribution in [2.24, 2.45) is 11.7 Å². The standard InChI is InChI=1S/C15H23FN4/c1-10-7-20(9-14(10)19(2)3)8-11-4-5-12(16)6-13(11)15(17)18/h4-6,10,14H,7-9H2,1-3H3,(H3,17,18). The highest BCUT2D eigenvalue weighted by Crippen LogP contribution is 2.23. The Morgan fingerprint density at radius 2 is 2.15 bits per heavy atom. The molecule has 2 rings (SSSR count). The molecule has 110 valence electrons. The topological polar surface area (TPSA) is 56.4 Å². The lowest BCUT2D eigenvalue weighted by atomic mass is 10.1. The average Bonchev–Trinajstić information content (AvgIpc) is 2.72. The maximum absolute atomic E-state index is 13.3. The minimum atomic E-state index is -0.347. The van der Waals surface area contributed by atoms with E-state index in [2.05, 4.69) is 30.8 Å². The second kappa shape index (κ2) is 5.89. The molecule has 0 saturated carbocycles. The van der Waals surface area contributed by atoms with Gasteiger partial charge >= 0.3 is 0 Å².